The van der Waals surface area contributed by atoms with Crippen LogP contribution in [0.25, 0.3) is 39.3 Å². The highest BCUT2D eigenvalue weighted by Gasteiger charge is 2.16. The zero-order chi connectivity index (χ0) is 22.2. The second-order valence-corrected chi connectivity index (χ2v) is 8.41. The number of halogens is 1. The van der Waals surface area contributed by atoms with Crippen molar-refractivity contribution in [3.63, 3.8) is 0 Å². The molecule has 6 rings (SSSR count). The Morgan fingerprint density at radius 1 is 0.848 bits per heavy atom. The predicted molar refractivity (Wildman–Crippen MR) is 126 cm³/mol. The molecule has 0 saturated carbocycles. The molecule has 4 aromatic heterocycles. The van der Waals surface area contributed by atoms with Gasteiger partial charge in [-0.1, -0.05) is 0 Å². The molecule has 0 bridgehead atoms. The van der Waals surface area contributed by atoms with Crippen molar-refractivity contribution in [2.75, 3.05) is 13.1 Å². The van der Waals surface area contributed by atoms with Crippen LogP contribution >= 0.6 is 0 Å². The number of hydrogen-bond donors (Lipinski definition) is 1. The smallest absolute Gasteiger partial charge is 0.137 e. The van der Waals surface area contributed by atoms with Gasteiger partial charge in [-0.25, -0.2) is 9.37 Å². The fourth-order valence-electron chi connectivity index (χ4n) is 4.50. The average Bonchev–Trinajstić information content (AvgIpc) is 3.52. The summed E-state index contributed by atoms with van der Waals surface area (Å²) in [6.45, 7) is 2.08. The van der Waals surface area contributed by atoms with E-state index < -0.39 is 0 Å². The van der Waals surface area contributed by atoms with Crippen LogP contribution in [-0.4, -0.2) is 37.2 Å². The molecule has 6 nitrogen and oxygen atoms in total. The second-order valence-electron chi connectivity index (χ2n) is 8.41. The van der Waals surface area contributed by atoms with Crippen molar-refractivity contribution in [2.45, 2.75) is 18.9 Å². The zero-order valence-corrected chi connectivity index (χ0v) is 18.0. The van der Waals surface area contributed by atoms with Gasteiger partial charge in [-0.05, 0) is 80.0 Å². The standard InChI is InChI=1S/C26H23FN6/c27-22-3-1-18(2-4-22)24-13-20(5-11-29-24)25-16-30-26-14-19(8-12-32(25)26)21-15-31-33(17-21)23-6-9-28-10-7-23/h1-5,8,11-17,23,28H,6-7,9-10H2. The lowest BCUT2D eigenvalue weighted by atomic mass is 10.1. The molecular weight excluding hydrogens is 415 g/mol. The van der Waals surface area contributed by atoms with Crippen molar-refractivity contribution in [1.82, 2.24) is 29.5 Å². The van der Waals surface area contributed by atoms with Gasteiger partial charge in [0.25, 0.3) is 0 Å². The summed E-state index contributed by atoms with van der Waals surface area (Å²) in [7, 11) is 0. The quantitative estimate of drug-likeness (QED) is 0.429. The molecule has 5 heterocycles. The van der Waals surface area contributed by atoms with Gasteiger partial charge in [0.2, 0.25) is 0 Å². The molecule has 33 heavy (non-hydrogen) atoms. The Bertz CT molecular complexity index is 1410. The van der Waals surface area contributed by atoms with Crippen LogP contribution in [0, 0.1) is 5.82 Å². The number of nitrogens with one attached hydrogen (secondary N) is 1. The van der Waals surface area contributed by atoms with Gasteiger partial charge >= 0.3 is 0 Å². The van der Waals surface area contributed by atoms with Gasteiger partial charge in [-0.15, -0.1) is 0 Å². The summed E-state index contributed by atoms with van der Waals surface area (Å²) >= 11 is 0. The normalized spacial score (nSPS) is 14.7. The Morgan fingerprint density at radius 2 is 1.70 bits per heavy atom. The lowest BCUT2D eigenvalue weighted by molar-refractivity contribution is 0.343. The molecule has 1 fully saturated rings. The minimum absolute atomic E-state index is 0.256. The molecule has 1 aliphatic heterocycles. The van der Waals surface area contributed by atoms with E-state index in [1.807, 2.05) is 30.7 Å². The maximum Gasteiger partial charge on any atom is 0.137 e. The minimum atomic E-state index is -0.256. The van der Waals surface area contributed by atoms with Crippen LogP contribution in [0.5, 0.6) is 0 Å². The van der Waals surface area contributed by atoms with Gasteiger partial charge in [-0.2, -0.15) is 5.10 Å². The molecule has 1 saturated heterocycles. The number of nitrogens with zero attached hydrogens (tertiary/aromatic N) is 5. The van der Waals surface area contributed by atoms with E-state index in [2.05, 4.69) is 47.8 Å². The van der Waals surface area contributed by atoms with Gasteiger partial charge in [-0.3, -0.25) is 14.1 Å². The van der Waals surface area contributed by atoms with Gasteiger partial charge in [0.05, 0.1) is 29.8 Å². The molecule has 0 atom stereocenters. The first-order valence-electron chi connectivity index (χ1n) is 11.2. The van der Waals surface area contributed by atoms with Crippen molar-refractivity contribution in [3.8, 4) is 33.6 Å². The summed E-state index contributed by atoms with van der Waals surface area (Å²) < 4.78 is 17.5. The van der Waals surface area contributed by atoms with Crippen molar-refractivity contribution >= 4 is 5.65 Å². The molecule has 1 aromatic carbocycles. The number of aromatic nitrogens is 5. The first-order chi connectivity index (χ1) is 16.2. The van der Waals surface area contributed by atoms with E-state index >= 15 is 0 Å². The summed E-state index contributed by atoms with van der Waals surface area (Å²) in [5, 5.41) is 8.03. The summed E-state index contributed by atoms with van der Waals surface area (Å²) in [4.78, 5) is 9.11. The van der Waals surface area contributed by atoms with Gasteiger partial charge < -0.3 is 5.32 Å². The van der Waals surface area contributed by atoms with Crippen LogP contribution in [-0.2, 0) is 0 Å². The lowest BCUT2D eigenvalue weighted by Gasteiger charge is -2.22. The fraction of sp³-hybridized carbons (Fsp3) is 0.192. The van der Waals surface area contributed by atoms with Crippen molar-refractivity contribution in [1.29, 1.82) is 0 Å². The Hall–Kier alpha value is -3.84. The molecule has 7 heteroatoms. The third-order valence-electron chi connectivity index (χ3n) is 6.33. The number of fused-ring (bicyclic) bond motifs is 1. The summed E-state index contributed by atoms with van der Waals surface area (Å²) in [6, 6.07) is 15.0. The Balaban J connectivity index is 1.31. The van der Waals surface area contributed by atoms with Gasteiger partial charge in [0, 0.05) is 35.3 Å². The van der Waals surface area contributed by atoms with E-state index in [4.69, 9.17) is 0 Å². The number of imidazole rings is 1. The van der Waals surface area contributed by atoms with Crippen LogP contribution < -0.4 is 5.32 Å². The van der Waals surface area contributed by atoms with E-state index in [0.29, 0.717) is 6.04 Å². The van der Waals surface area contributed by atoms with Crippen molar-refractivity contribution < 1.29 is 4.39 Å². The van der Waals surface area contributed by atoms with E-state index in [1.54, 1.807) is 18.3 Å². The van der Waals surface area contributed by atoms with Crippen molar-refractivity contribution in [2.24, 2.45) is 0 Å². The molecule has 0 spiro atoms. The van der Waals surface area contributed by atoms with E-state index in [1.165, 1.54) is 12.1 Å². The summed E-state index contributed by atoms with van der Waals surface area (Å²) in [5.41, 5.74) is 6.72. The maximum absolute atomic E-state index is 13.3. The highest BCUT2D eigenvalue weighted by molar-refractivity contribution is 5.72. The molecule has 0 aliphatic carbocycles. The number of piperidine rings is 1. The third-order valence-corrected chi connectivity index (χ3v) is 6.33. The summed E-state index contributed by atoms with van der Waals surface area (Å²) in [5.74, 6) is -0.256. The Kier molecular flexibility index (Phi) is 4.96. The van der Waals surface area contributed by atoms with E-state index in [9.17, 15) is 4.39 Å². The molecular formula is C26H23FN6. The SMILES string of the molecule is Fc1ccc(-c2cc(-c3cnc4cc(-c5cnn(C6CCNCC6)c5)ccn34)ccn2)cc1. The number of hydrogen-bond acceptors (Lipinski definition) is 4. The average molecular weight is 439 g/mol. The highest BCUT2D eigenvalue weighted by Crippen LogP contribution is 2.28. The van der Waals surface area contributed by atoms with Gasteiger partial charge in [0.15, 0.2) is 0 Å². The Morgan fingerprint density at radius 3 is 2.55 bits per heavy atom. The Labute approximate surface area is 190 Å². The van der Waals surface area contributed by atoms with Crippen LogP contribution in [0.2, 0.25) is 0 Å². The first-order valence-corrected chi connectivity index (χ1v) is 11.2. The second kappa shape index (κ2) is 8.26. The van der Waals surface area contributed by atoms with Crippen LogP contribution in [0.15, 0.2) is 79.5 Å². The van der Waals surface area contributed by atoms with Crippen molar-refractivity contribution in [3.05, 3.63) is 85.3 Å². The molecule has 164 valence electrons. The number of benzene rings is 1. The topological polar surface area (TPSA) is 60.0 Å². The molecule has 0 radical (unpaired) electrons. The third kappa shape index (κ3) is 3.81. The minimum Gasteiger partial charge on any atom is -0.317 e. The number of rotatable bonds is 4. The van der Waals surface area contributed by atoms with Crippen LogP contribution in [0.1, 0.15) is 18.9 Å². The largest absolute Gasteiger partial charge is 0.317 e. The maximum atomic E-state index is 13.3. The lowest BCUT2D eigenvalue weighted by Crippen LogP contribution is -2.29. The molecule has 1 N–H and O–H groups in total. The van der Waals surface area contributed by atoms with Crippen LogP contribution in [0.4, 0.5) is 4.39 Å². The number of pyridine rings is 2. The molecule has 0 amide bonds. The molecule has 1 aliphatic rings. The molecule has 5 aromatic rings. The first kappa shape index (κ1) is 19.8. The van der Waals surface area contributed by atoms with E-state index in [0.717, 1.165) is 65.2 Å². The van der Waals surface area contributed by atoms with Gasteiger partial charge in [0.1, 0.15) is 11.5 Å². The zero-order valence-electron chi connectivity index (χ0n) is 18.0. The monoisotopic (exact) mass is 438 g/mol. The fourth-order valence-corrected chi connectivity index (χ4v) is 4.50. The van der Waals surface area contributed by atoms with Crippen LogP contribution in [0.3, 0.4) is 0 Å². The van der Waals surface area contributed by atoms with E-state index in [-0.39, 0.29) is 5.82 Å². The predicted octanol–water partition coefficient (Wildman–Crippen LogP) is 4.99. The molecule has 0 unspecified atom stereocenters. The summed E-state index contributed by atoms with van der Waals surface area (Å²) in [6.07, 6.45) is 12.0. The highest BCUT2D eigenvalue weighted by atomic mass is 19.1.